The Balaban J connectivity index is 1.41. The molecule has 2 aliphatic heterocycles. The fourth-order valence-corrected chi connectivity index (χ4v) is 3.81. The monoisotopic (exact) mass is 304 g/mol. The zero-order valence-electron chi connectivity index (χ0n) is 13.3. The van der Waals surface area contributed by atoms with Gasteiger partial charge in [-0.05, 0) is 18.8 Å². The van der Waals surface area contributed by atoms with E-state index in [1.54, 1.807) is 0 Å². The van der Waals surface area contributed by atoms with E-state index in [9.17, 15) is 4.79 Å². The number of fused-ring (bicyclic) bond motifs is 1. The normalized spacial score (nSPS) is 32.0. The lowest BCUT2D eigenvalue weighted by atomic mass is 10.0. The number of carbonyl (C=O) groups is 1. The highest BCUT2D eigenvalue weighted by Gasteiger charge is 2.51. The molecule has 1 aromatic heterocycles. The Bertz CT molecular complexity index is 568. The topological polar surface area (TPSA) is 50.6 Å². The molecule has 22 heavy (non-hydrogen) atoms. The van der Waals surface area contributed by atoms with Crippen LogP contribution in [-0.2, 0) is 23.1 Å². The maximum Gasteiger partial charge on any atom is 0.252 e. The molecule has 0 aromatic carbocycles. The number of amides is 1. The fraction of sp³-hybridized carbons (Fsp3) is 0.750. The van der Waals surface area contributed by atoms with Crippen LogP contribution < -0.4 is 0 Å². The number of hydrogen-bond donors (Lipinski definition) is 0. The molecule has 1 saturated carbocycles. The van der Waals surface area contributed by atoms with Crippen molar-refractivity contribution >= 4 is 5.91 Å². The molecule has 2 saturated heterocycles. The number of nitrogens with zero attached hydrogens (tertiary/aromatic N) is 4. The summed E-state index contributed by atoms with van der Waals surface area (Å²) in [6.45, 7) is 3.53. The predicted molar refractivity (Wildman–Crippen MR) is 81.0 cm³/mol. The smallest absolute Gasteiger partial charge is 0.252 e. The molecule has 1 amide bonds. The van der Waals surface area contributed by atoms with E-state index in [0.29, 0.717) is 17.9 Å². The van der Waals surface area contributed by atoms with Crippen LogP contribution >= 0.6 is 0 Å². The van der Waals surface area contributed by atoms with Crippen molar-refractivity contribution in [2.24, 2.45) is 18.9 Å². The number of carbonyl (C=O) groups excluding carboxylic acids is 1. The first-order valence-corrected chi connectivity index (χ1v) is 8.20. The van der Waals surface area contributed by atoms with E-state index in [1.807, 2.05) is 29.9 Å². The van der Waals surface area contributed by atoms with Crippen LogP contribution in [0.25, 0.3) is 0 Å². The van der Waals surface area contributed by atoms with E-state index in [0.717, 1.165) is 26.2 Å². The lowest BCUT2D eigenvalue weighted by Gasteiger charge is -2.21. The van der Waals surface area contributed by atoms with Gasteiger partial charge in [-0.3, -0.25) is 14.4 Å². The average Bonchev–Trinajstić information content (AvgIpc) is 3.03. The molecule has 6 heteroatoms. The minimum Gasteiger partial charge on any atom is -0.368 e. The molecule has 0 bridgehead atoms. The third-order valence-corrected chi connectivity index (χ3v) is 5.26. The first kappa shape index (κ1) is 14.2. The van der Waals surface area contributed by atoms with Gasteiger partial charge in [0.1, 0.15) is 6.10 Å². The first-order valence-electron chi connectivity index (χ1n) is 8.20. The van der Waals surface area contributed by atoms with Gasteiger partial charge in [0.15, 0.2) is 0 Å². The highest BCUT2D eigenvalue weighted by atomic mass is 16.5. The molecule has 4 rings (SSSR count). The lowest BCUT2D eigenvalue weighted by Crippen LogP contribution is -2.37. The number of rotatable bonds is 5. The number of hydrogen-bond acceptors (Lipinski definition) is 4. The van der Waals surface area contributed by atoms with Crippen molar-refractivity contribution < 1.29 is 9.53 Å². The van der Waals surface area contributed by atoms with Gasteiger partial charge in [0.25, 0.3) is 5.91 Å². The quantitative estimate of drug-likeness (QED) is 0.794. The molecule has 0 radical (unpaired) electrons. The first-order chi connectivity index (χ1) is 10.6. The van der Waals surface area contributed by atoms with Crippen LogP contribution in [0, 0.1) is 11.8 Å². The summed E-state index contributed by atoms with van der Waals surface area (Å²) in [4.78, 5) is 16.7. The maximum absolute atomic E-state index is 12.4. The van der Waals surface area contributed by atoms with Crippen LogP contribution in [0.15, 0.2) is 12.4 Å². The van der Waals surface area contributed by atoms with Gasteiger partial charge in [0, 0.05) is 51.4 Å². The summed E-state index contributed by atoms with van der Waals surface area (Å²) in [5.41, 5.74) is 1.23. The fourth-order valence-electron chi connectivity index (χ4n) is 3.81. The number of ether oxygens (including phenoxy) is 1. The largest absolute Gasteiger partial charge is 0.368 e. The van der Waals surface area contributed by atoms with E-state index < -0.39 is 0 Å². The van der Waals surface area contributed by atoms with Gasteiger partial charge in [-0.25, -0.2) is 0 Å². The summed E-state index contributed by atoms with van der Waals surface area (Å²) in [5, 5.41) is 4.23. The highest BCUT2D eigenvalue weighted by molar-refractivity contribution is 5.84. The molecule has 0 unspecified atom stereocenters. The minimum atomic E-state index is -0.227. The van der Waals surface area contributed by atoms with Gasteiger partial charge in [-0.15, -0.1) is 0 Å². The van der Waals surface area contributed by atoms with E-state index in [1.165, 1.54) is 18.4 Å². The Kier molecular flexibility index (Phi) is 3.46. The SMILES string of the molecule is CN1C(=O)[C@@H](OCC2CC2)[C@H]2CN(Cc3cnn(C)c3)C[C@H]21. The highest BCUT2D eigenvalue weighted by Crippen LogP contribution is 2.36. The summed E-state index contributed by atoms with van der Waals surface area (Å²) in [6.07, 6.45) is 6.28. The van der Waals surface area contributed by atoms with Gasteiger partial charge in [0.2, 0.25) is 0 Å². The van der Waals surface area contributed by atoms with Crippen LogP contribution in [0.2, 0.25) is 0 Å². The molecule has 0 N–H and O–H groups in total. The zero-order chi connectivity index (χ0) is 15.3. The molecule has 3 aliphatic rings. The van der Waals surface area contributed by atoms with E-state index in [2.05, 4.69) is 16.2 Å². The van der Waals surface area contributed by atoms with Crippen molar-refractivity contribution in [3.8, 4) is 0 Å². The van der Waals surface area contributed by atoms with Crippen molar-refractivity contribution in [2.45, 2.75) is 31.5 Å². The Morgan fingerprint density at radius 2 is 2.14 bits per heavy atom. The zero-order valence-corrected chi connectivity index (χ0v) is 13.3. The number of likely N-dealkylation sites (N-methyl/N-ethyl adjacent to an activating group) is 1. The standard InChI is InChI=1S/C16H24N4O2/c1-18-6-12(5-17-18)7-20-8-13-14(9-20)19(2)16(21)15(13)22-10-11-3-4-11/h5-6,11,13-15H,3-4,7-10H2,1-2H3/t13-,14+,15-/m0/s1. The summed E-state index contributed by atoms with van der Waals surface area (Å²) in [7, 11) is 3.87. The third kappa shape index (κ3) is 2.54. The number of aryl methyl sites for hydroxylation is 1. The van der Waals surface area contributed by atoms with Gasteiger partial charge in [-0.1, -0.05) is 0 Å². The predicted octanol–water partition coefficient (Wildman–Crippen LogP) is 0.488. The second kappa shape index (κ2) is 5.35. The average molecular weight is 304 g/mol. The van der Waals surface area contributed by atoms with Crippen molar-refractivity contribution in [2.75, 3.05) is 26.7 Å². The van der Waals surface area contributed by atoms with E-state index >= 15 is 0 Å². The van der Waals surface area contributed by atoms with Gasteiger partial charge >= 0.3 is 0 Å². The molecule has 3 heterocycles. The number of aromatic nitrogens is 2. The van der Waals surface area contributed by atoms with E-state index in [-0.39, 0.29) is 12.0 Å². The molecular weight excluding hydrogens is 280 g/mol. The Morgan fingerprint density at radius 1 is 1.32 bits per heavy atom. The van der Waals surface area contributed by atoms with Crippen molar-refractivity contribution in [3.63, 3.8) is 0 Å². The molecule has 120 valence electrons. The maximum atomic E-state index is 12.4. The van der Waals surface area contributed by atoms with Crippen LogP contribution in [0.1, 0.15) is 18.4 Å². The molecule has 6 nitrogen and oxygen atoms in total. The van der Waals surface area contributed by atoms with Gasteiger partial charge < -0.3 is 9.64 Å². The lowest BCUT2D eigenvalue weighted by molar-refractivity contribution is -0.138. The molecular formula is C16H24N4O2. The second-order valence-corrected chi connectivity index (χ2v) is 7.09. The molecule has 0 spiro atoms. The summed E-state index contributed by atoms with van der Waals surface area (Å²) < 4.78 is 7.83. The molecule has 3 atom stereocenters. The van der Waals surface area contributed by atoms with Gasteiger partial charge in [0.05, 0.1) is 18.8 Å². The van der Waals surface area contributed by atoms with Crippen LogP contribution in [0.4, 0.5) is 0 Å². The second-order valence-electron chi connectivity index (χ2n) is 7.09. The van der Waals surface area contributed by atoms with Crippen molar-refractivity contribution in [1.29, 1.82) is 0 Å². The van der Waals surface area contributed by atoms with Crippen molar-refractivity contribution in [3.05, 3.63) is 18.0 Å². The van der Waals surface area contributed by atoms with Crippen LogP contribution in [0.3, 0.4) is 0 Å². The minimum absolute atomic E-state index is 0.177. The molecule has 3 fully saturated rings. The third-order valence-electron chi connectivity index (χ3n) is 5.26. The van der Waals surface area contributed by atoms with Gasteiger partial charge in [-0.2, -0.15) is 5.10 Å². The summed E-state index contributed by atoms with van der Waals surface area (Å²) in [6, 6.07) is 0.299. The molecule has 1 aromatic rings. The van der Waals surface area contributed by atoms with Crippen LogP contribution in [-0.4, -0.2) is 64.4 Å². The van der Waals surface area contributed by atoms with Crippen molar-refractivity contribution in [1.82, 2.24) is 19.6 Å². The Morgan fingerprint density at radius 3 is 2.82 bits per heavy atom. The van der Waals surface area contributed by atoms with Crippen LogP contribution in [0.5, 0.6) is 0 Å². The summed E-state index contributed by atoms with van der Waals surface area (Å²) in [5.74, 6) is 1.19. The number of likely N-dealkylation sites (tertiary alicyclic amines) is 2. The van der Waals surface area contributed by atoms with E-state index in [4.69, 9.17) is 4.74 Å². The molecule has 1 aliphatic carbocycles. The Hall–Kier alpha value is -1.40. The Labute approximate surface area is 131 Å². The summed E-state index contributed by atoms with van der Waals surface area (Å²) >= 11 is 0.